The monoisotopic (exact) mass is 217 g/mol. The molecule has 1 aliphatic heterocycles. The molecule has 1 unspecified atom stereocenters. The van der Waals surface area contributed by atoms with Crippen molar-refractivity contribution in [3.05, 3.63) is 0 Å². The second-order valence-corrected chi connectivity index (χ2v) is 3.45. The summed E-state index contributed by atoms with van der Waals surface area (Å²) in [6.07, 6.45) is 3.13. The lowest BCUT2D eigenvalue weighted by Gasteiger charge is -2.22. The van der Waals surface area contributed by atoms with E-state index in [1.807, 2.05) is 0 Å². The van der Waals surface area contributed by atoms with Gasteiger partial charge < -0.3 is 19.5 Å². The number of nitrogens with one attached hydrogen (secondary N) is 1. The van der Waals surface area contributed by atoms with E-state index in [4.69, 9.17) is 9.47 Å². The Balaban J connectivity index is 1.93. The topological polar surface area (TPSA) is 56.8 Å². The largest absolute Gasteiger partial charge is 0.375 e. The van der Waals surface area contributed by atoms with Crippen LogP contribution >= 0.6 is 0 Å². The molecule has 1 saturated heterocycles. The molecule has 1 atom stereocenters. The molecule has 15 heavy (non-hydrogen) atoms. The molecule has 88 valence electrons. The number of carbonyl (C=O) groups is 1. The fourth-order valence-electron chi connectivity index (χ4n) is 1.41. The highest BCUT2D eigenvalue weighted by molar-refractivity contribution is 5.77. The molecule has 1 amide bonds. The smallest absolute Gasteiger partial charge is 0.246 e. The van der Waals surface area contributed by atoms with Gasteiger partial charge in [-0.15, -0.1) is 0 Å². The van der Waals surface area contributed by atoms with Gasteiger partial charge in [0.05, 0.1) is 6.61 Å². The van der Waals surface area contributed by atoms with Crippen LogP contribution in [0.2, 0.25) is 0 Å². The maximum Gasteiger partial charge on any atom is 0.246 e. The van der Waals surface area contributed by atoms with Gasteiger partial charge in [-0.25, -0.2) is 0 Å². The van der Waals surface area contributed by atoms with Crippen molar-refractivity contribution in [2.75, 3.05) is 33.5 Å². The molecule has 0 saturated carbocycles. The Morgan fingerprint density at radius 1 is 1.53 bits per heavy atom. The first kappa shape index (κ1) is 12.4. The van der Waals surface area contributed by atoms with Crippen LogP contribution in [-0.2, 0) is 19.0 Å². The Morgan fingerprint density at radius 2 is 2.40 bits per heavy atom. The van der Waals surface area contributed by atoms with Gasteiger partial charge in [-0.3, -0.25) is 4.79 Å². The molecule has 5 heteroatoms. The number of ether oxygens (including phenoxy) is 3. The van der Waals surface area contributed by atoms with E-state index in [1.165, 1.54) is 7.11 Å². The van der Waals surface area contributed by atoms with Gasteiger partial charge in [-0.2, -0.15) is 0 Å². The summed E-state index contributed by atoms with van der Waals surface area (Å²) in [5.41, 5.74) is 0. The molecule has 0 radical (unpaired) electrons. The lowest BCUT2D eigenvalue weighted by molar-refractivity contribution is -0.162. The molecule has 1 rings (SSSR count). The summed E-state index contributed by atoms with van der Waals surface area (Å²) in [6, 6.07) is 0. The van der Waals surface area contributed by atoms with Crippen LogP contribution in [0.4, 0.5) is 0 Å². The van der Waals surface area contributed by atoms with Crippen LogP contribution in [0.15, 0.2) is 0 Å². The minimum absolute atomic E-state index is 0.0851. The normalized spacial score (nSPS) is 21.3. The predicted molar refractivity (Wildman–Crippen MR) is 54.4 cm³/mol. The summed E-state index contributed by atoms with van der Waals surface area (Å²) in [5, 5.41) is 2.68. The van der Waals surface area contributed by atoms with Crippen LogP contribution in [-0.4, -0.2) is 45.7 Å². The van der Waals surface area contributed by atoms with Crippen molar-refractivity contribution in [1.82, 2.24) is 5.32 Å². The zero-order valence-corrected chi connectivity index (χ0v) is 9.16. The Labute approximate surface area is 90.1 Å². The number of hydrogen-bond donors (Lipinski definition) is 1. The zero-order valence-electron chi connectivity index (χ0n) is 9.16. The summed E-state index contributed by atoms with van der Waals surface area (Å²) < 4.78 is 15.5. The summed E-state index contributed by atoms with van der Waals surface area (Å²) >= 11 is 0. The van der Waals surface area contributed by atoms with E-state index >= 15 is 0 Å². The number of hydrogen-bond acceptors (Lipinski definition) is 4. The van der Waals surface area contributed by atoms with E-state index in [-0.39, 0.29) is 18.8 Å². The Kier molecular flexibility index (Phi) is 6.31. The van der Waals surface area contributed by atoms with E-state index in [0.29, 0.717) is 13.2 Å². The minimum atomic E-state index is -0.120. The van der Waals surface area contributed by atoms with Crippen molar-refractivity contribution in [3.63, 3.8) is 0 Å². The third kappa shape index (κ3) is 5.71. The van der Waals surface area contributed by atoms with Gasteiger partial charge in [0.2, 0.25) is 5.91 Å². The quantitative estimate of drug-likeness (QED) is 0.650. The lowest BCUT2D eigenvalue weighted by atomic mass is 10.2. The fraction of sp³-hybridized carbons (Fsp3) is 0.900. The molecule has 0 aromatic rings. The first-order valence-electron chi connectivity index (χ1n) is 5.32. The van der Waals surface area contributed by atoms with Gasteiger partial charge in [-0.1, -0.05) is 0 Å². The second-order valence-electron chi connectivity index (χ2n) is 3.45. The number of methoxy groups -OCH3 is 1. The standard InChI is InChI=1S/C10H19NO4/c1-13-8-9(12)11-5-7-15-10-4-2-3-6-14-10/h10H,2-8H2,1H3,(H,11,12). The van der Waals surface area contributed by atoms with Crippen LogP contribution in [0.3, 0.4) is 0 Å². The van der Waals surface area contributed by atoms with Crippen LogP contribution in [0.1, 0.15) is 19.3 Å². The average molecular weight is 217 g/mol. The summed E-state index contributed by atoms with van der Waals surface area (Å²) in [7, 11) is 1.49. The molecule has 1 fully saturated rings. The van der Waals surface area contributed by atoms with Crippen molar-refractivity contribution in [3.8, 4) is 0 Å². The first-order chi connectivity index (χ1) is 7.33. The number of amides is 1. The van der Waals surface area contributed by atoms with Gasteiger partial charge >= 0.3 is 0 Å². The van der Waals surface area contributed by atoms with Crippen molar-refractivity contribution in [2.24, 2.45) is 0 Å². The summed E-state index contributed by atoms with van der Waals surface area (Å²) in [4.78, 5) is 11.0. The molecule has 0 spiro atoms. The Bertz CT molecular complexity index is 180. The lowest BCUT2D eigenvalue weighted by Crippen LogP contribution is -2.32. The third-order valence-corrected chi connectivity index (χ3v) is 2.14. The van der Waals surface area contributed by atoms with E-state index in [2.05, 4.69) is 10.1 Å². The Morgan fingerprint density at radius 3 is 3.07 bits per heavy atom. The summed E-state index contributed by atoms with van der Waals surface area (Å²) in [6.45, 7) is 1.86. The molecule has 5 nitrogen and oxygen atoms in total. The molecule has 0 aromatic heterocycles. The number of rotatable bonds is 6. The first-order valence-corrected chi connectivity index (χ1v) is 5.32. The van der Waals surface area contributed by atoms with Crippen molar-refractivity contribution in [1.29, 1.82) is 0 Å². The minimum Gasteiger partial charge on any atom is -0.375 e. The third-order valence-electron chi connectivity index (χ3n) is 2.14. The van der Waals surface area contributed by atoms with Gasteiger partial charge in [0, 0.05) is 20.3 Å². The number of carbonyl (C=O) groups excluding carboxylic acids is 1. The van der Waals surface area contributed by atoms with E-state index < -0.39 is 0 Å². The maximum atomic E-state index is 11.0. The molecule has 0 aliphatic carbocycles. The molecule has 0 bridgehead atoms. The molecule has 1 N–H and O–H groups in total. The molecular formula is C10H19NO4. The second kappa shape index (κ2) is 7.62. The maximum absolute atomic E-state index is 11.0. The van der Waals surface area contributed by atoms with Crippen molar-refractivity contribution >= 4 is 5.91 Å². The van der Waals surface area contributed by atoms with E-state index in [9.17, 15) is 4.79 Å². The highest BCUT2D eigenvalue weighted by Crippen LogP contribution is 2.12. The van der Waals surface area contributed by atoms with Crippen LogP contribution < -0.4 is 5.32 Å². The predicted octanol–water partition coefficient (Wildman–Crippen LogP) is 0.292. The molecule has 1 aliphatic rings. The highest BCUT2D eigenvalue weighted by Gasteiger charge is 2.13. The van der Waals surface area contributed by atoms with E-state index in [0.717, 1.165) is 25.9 Å². The van der Waals surface area contributed by atoms with Crippen molar-refractivity contribution < 1.29 is 19.0 Å². The molecule has 0 aromatic carbocycles. The van der Waals surface area contributed by atoms with E-state index in [1.54, 1.807) is 0 Å². The zero-order chi connectivity index (χ0) is 10.9. The fourth-order valence-corrected chi connectivity index (χ4v) is 1.41. The van der Waals surface area contributed by atoms with Crippen LogP contribution in [0, 0.1) is 0 Å². The molecular weight excluding hydrogens is 198 g/mol. The van der Waals surface area contributed by atoms with Gasteiger partial charge in [-0.05, 0) is 19.3 Å². The SMILES string of the molecule is COCC(=O)NCCOC1CCCCO1. The van der Waals surface area contributed by atoms with Crippen LogP contribution in [0.25, 0.3) is 0 Å². The van der Waals surface area contributed by atoms with Crippen LogP contribution in [0.5, 0.6) is 0 Å². The highest BCUT2D eigenvalue weighted by atomic mass is 16.7. The molecule has 1 heterocycles. The Hall–Kier alpha value is -0.650. The average Bonchev–Trinajstić information content (AvgIpc) is 2.26. The van der Waals surface area contributed by atoms with Gasteiger partial charge in [0.15, 0.2) is 6.29 Å². The van der Waals surface area contributed by atoms with Crippen molar-refractivity contribution in [2.45, 2.75) is 25.6 Å². The van der Waals surface area contributed by atoms with Gasteiger partial charge in [0.1, 0.15) is 6.61 Å². The summed E-state index contributed by atoms with van der Waals surface area (Å²) in [5.74, 6) is -0.120. The van der Waals surface area contributed by atoms with Gasteiger partial charge in [0.25, 0.3) is 0 Å².